The van der Waals surface area contributed by atoms with Gasteiger partial charge in [0.1, 0.15) is 35.0 Å². The topological polar surface area (TPSA) is 95.1 Å². The Labute approximate surface area is 189 Å². The van der Waals surface area contributed by atoms with Gasteiger partial charge in [0.15, 0.2) is 5.65 Å². The summed E-state index contributed by atoms with van der Waals surface area (Å²) in [6, 6.07) is 3.81. The number of hydrogen-bond donors (Lipinski definition) is 1. The predicted molar refractivity (Wildman–Crippen MR) is 123 cm³/mol. The molecule has 0 aliphatic heterocycles. The number of nitrogens with zero attached hydrogens (tertiary/aromatic N) is 5. The highest BCUT2D eigenvalue weighted by Crippen LogP contribution is 2.32. The van der Waals surface area contributed by atoms with Crippen molar-refractivity contribution in [1.29, 1.82) is 0 Å². The average molecular weight is 476 g/mol. The summed E-state index contributed by atoms with van der Waals surface area (Å²) < 4.78 is 23.6. The maximum Gasteiger partial charge on any atom is 0.339 e. The fourth-order valence-corrected chi connectivity index (χ4v) is 4.40. The van der Waals surface area contributed by atoms with Crippen LogP contribution in [0.5, 0.6) is 0 Å². The van der Waals surface area contributed by atoms with Gasteiger partial charge in [-0.3, -0.25) is 4.68 Å². The zero-order valence-electron chi connectivity index (χ0n) is 18.2. The Hall–Kier alpha value is -2.82. The lowest BCUT2D eigenvalue weighted by Gasteiger charge is -2.15. The van der Waals surface area contributed by atoms with Crippen molar-refractivity contribution in [1.82, 2.24) is 24.3 Å². The number of carboxylic acids is 1. The van der Waals surface area contributed by atoms with Crippen molar-refractivity contribution < 1.29 is 19.0 Å². The number of benzene rings is 1. The number of fused-ring (bicyclic) bond motifs is 2. The molecule has 3 heterocycles. The molecule has 0 fully saturated rings. The monoisotopic (exact) mass is 475 g/mol. The van der Waals surface area contributed by atoms with Crippen LogP contribution in [0.25, 0.3) is 33.5 Å². The number of aromatic nitrogens is 5. The smallest absolute Gasteiger partial charge is 0.339 e. The second kappa shape index (κ2) is 8.27. The second-order valence-electron chi connectivity index (χ2n) is 8.85. The molecule has 11 heteroatoms. The molecular formula is C21H23ClFN5O3Si. The summed E-state index contributed by atoms with van der Waals surface area (Å²) in [4.78, 5) is 20.7. The number of carbonyl (C=O) groups is 1. The first kappa shape index (κ1) is 22.4. The van der Waals surface area contributed by atoms with E-state index in [4.69, 9.17) is 16.3 Å². The number of ether oxygens (including phenoxy) is 1. The minimum absolute atomic E-state index is 0.00750. The van der Waals surface area contributed by atoms with Gasteiger partial charge in [0.2, 0.25) is 0 Å². The minimum atomic E-state index is -1.24. The summed E-state index contributed by atoms with van der Waals surface area (Å²) in [5.41, 5.74) is 1.59. The molecule has 4 rings (SSSR count). The highest BCUT2D eigenvalue weighted by Gasteiger charge is 2.22. The van der Waals surface area contributed by atoms with Gasteiger partial charge in [0.05, 0.1) is 17.1 Å². The van der Waals surface area contributed by atoms with Gasteiger partial charge >= 0.3 is 5.97 Å². The van der Waals surface area contributed by atoms with Crippen molar-refractivity contribution >= 4 is 47.7 Å². The van der Waals surface area contributed by atoms with Crippen LogP contribution in [0.2, 0.25) is 30.7 Å². The second-order valence-corrected chi connectivity index (χ2v) is 14.9. The van der Waals surface area contributed by atoms with Crippen LogP contribution in [0.1, 0.15) is 10.4 Å². The molecule has 0 saturated heterocycles. The van der Waals surface area contributed by atoms with Crippen molar-refractivity contribution in [2.24, 2.45) is 7.05 Å². The van der Waals surface area contributed by atoms with Gasteiger partial charge in [-0.1, -0.05) is 31.2 Å². The Morgan fingerprint density at radius 1 is 1.31 bits per heavy atom. The van der Waals surface area contributed by atoms with Crippen molar-refractivity contribution in [3.8, 4) is 11.4 Å². The molecule has 0 amide bonds. The van der Waals surface area contributed by atoms with Crippen LogP contribution in [-0.4, -0.2) is 50.1 Å². The van der Waals surface area contributed by atoms with Gasteiger partial charge in [-0.25, -0.2) is 19.2 Å². The molecule has 0 aliphatic rings. The lowest BCUT2D eigenvalue weighted by Crippen LogP contribution is -2.22. The van der Waals surface area contributed by atoms with Crippen LogP contribution in [0, 0.1) is 5.82 Å². The first-order valence-corrected chi connectivity index (χ1v) is 14.1. The lowest BCUT2D eigenvalue weighted by molar-refractivity contribution is 0.0696. The Morgan fingerprint density at radius 3 is 2.75 bits per heavy atom. The third kappa shape index (κ3) is 4.25. The highest BCUT2D eigenvalue weighted by molar-refractivity contribution is 6.76. The molecule has 0 radical (unpaired) electrons. The highest BCUT2D eigenvalue weighted by atomic mass is 35.5. The molecule has 0 saturated carbocycles. The first-order valence-electron chi connectivity index (χ1n) is 10.0. The quantitative estimate of drug-likeness (QED) is 0.305. The molecule has 0 aliphatic carbocycles. The standard InChI is InChI=1S/C21H23ClFN5O3Si/c1-27-16-8-12(22)7-14(23)17(16)19(26-27)15-9-24-20-18(25-15)13(21(29)30)10-28(20)11-31-5-6-32(2,3)4/h7-10H,5-6,11H2,1-4H3,(H,29,30). The van der Waals surface area contributed by atoms with E-state index in [2.05, 4.69) is 34.7 Å². The Bertz CT molecular complexity index is 1350. The number of halogens is 2. The molecule has 0 spiro atoms. The summed E-state index contributed by atoms with van der Waals surface area (Å²) in [5, 5.41) is 14.6. The molecular weight excluding hydrogens is 453 g/mol. The van der Waals surface area contributed by atoms with Gasteiger partial charge in [-0.2, -0.15) is 5.10 Å². The van der Waals surface area contributed by atoms with E-state index in [1.165, 1.54) is 23.1 Å². The number of aryl methyl sites for hydroxylation is 1. The van der Waals surface area contributed by atoms with Gasteiger partial charge in [-0.05, 0) is 18.2 Å². The molecule has 1 aromatic carbocycles. The molecule has 32 heavy (non-hydrogen) atoms. The van der Waals surface area contributed by atoms with Crippen LogP contribution < -0.4 is 0 Å². The van der Waals surface area contributed by atoms with Crippen LogP contribution in [0.15, 0.2) is 24.5 Å². The van der Waals surface area contributed by atoms with E-state index in [9.17, 15) is 14.3 Å². The maximum absolute atomic E-state index is 14.7. The van der Waals surface area contributed by atoms with Gasteiger partial charge in [0.25, 0.3) is 0 Å². The number of aromatic carboxylic acids is 1. The van der Waals surface area contributed by atoms with E-state index in [-0.39, 0.29) is 39.6 Å². The number of carboxylic acid groups (broad SMARTS) is 1. The van der Waals surface area contributed by atoms with Gasteiger partial charge in [-0.15, -0.1) is 0 Å². The molecule has 4 aromatic rings. The van der Waals surface area contributed by atoms with E-state index in [0.717, 1.165) is 6.04 Å². The van der Waals surface area contributed by atoms with Crippen LogP contribution in [0.4, 0.5) is 4.39 Å². The fraction of sp³-hybridized carbons (Fsp3) is 0.333. The summed E-state index contributed by atoms with van der Waals surface area (Å²) in [6.07, 6.45) is 2.92. The van der Waals surface area contributed by atoms with Crippen molar-refractivity contribution in [3.05, 3.63) is 40.9 Å². The zero-order chi connectivity index (χ0) is 23.2. The number of rotatable bonds is 7. The Morgan fingerprint density at radius 2 is 2.06 bits per heavy atom. The average Bonchev–Trinajstić information content (AvgIpc) is 3.22. The van der Waals surface area contributed by atoms with Crippen LogP contribution in [-0.2, 0) is 18.5 Å². The Kier molecular flexibility index (Phi) is 5.78. The van der Waals surface area contributed by atoms with Crippen molar-refractivity contribution in [2.75, 3.05) is 6.61 Å². The SMILES string of the molecule is Cn1nc(-c2cnc3c(n2)c(C(=O)O)cn3COCC[Si](C)(C)C)c2c(F)cc(Cl)cc21. The summed E-state index contributed by atoms with van der Waals surface area (Å²) in [6.45, 7) is 7.53. The molecule has 1 N–H and O–H groups in total. The number of hydrogen-bond acceptors (Lipinski definition) is 5. The van der Waals surface area contributed by atoms with E-state index in [1.54, 1.807) is 17.7 Å². The van der Waals surface area contributed by atoms with Gasteiger partial charge in [0, 0.05) is 32.9 Å². The summed E-state index contributed by atoms with van der Waals surface area (Å²) in [5.74, 6) is -1.67. The minimum Gasteiger partial charge on any atom is -0.478 e. The predicted octanol–water partition coefficient (Wildman–Crippen LogP) is 4.79. The largest absolute Gasteiger partial charge is 0.478 e. The summed E-state index contributed by atoms with van der Waals surface area (Å²) in [7, 11) is 0.431. The Balaban J connectivity index is 1.76. The van der Waals surface area contributed by atoms with Gasteiger partial charge < -0.3 is 14.4 Å². The maximum atomic E-state index is 14.7. The van der Waals surface area contributed by atoms with E-state index in [0.29, 0.717) is 17.8 Å². The van der Waals surface area contributed by atoms with Crippen molar-refractivity contribution in [2.45, 2.75) is 32.4 Å². The van der Waals surface area contributed by atoms with Crippen molar-refractivity contribution in [3.63, 3.8) is 0 Å². The lowest BCUT2D eigenvalue weighted by atomic mass is 10.1. The normalized spacial score (nSPS) is 12.2. The third-order valence-corrected chi connectivity index (χ3v) is 7.06. The fourth-order valence-electron chi connectivity index (χ4n) is 3.44. The zero-order valence-corrected chi connectivity index (χ0v) is 19.9. The molecule has 0 bridgehead atoms. The van der Waals surface area contributed by atoms with E-state index in [1.807, 2.05) is 0 Å². The molecule has 168 valence electrons. The molecule has 0 atom stereocenters. The molecule has 0 unspecified atom stereocenters. The van der Waals surface area contributed by atoms with Crippen LogP contribution in [0.3, 0.4) is 0 Å². The van der Waals surface area contributed by atoms with E-state index >= 15 is 0 Å². The third-order valence-electron chi connectivity index (χ3n) is 5.13. The molecule has 3 aromatic heterocycles. The van der Waals surface area contributed by atoms with Crippen LogP contribution >= 0.6 is 11.6 Å². The van der Waals surface area contributed by atoms with E-state index < -0.39 is 19.9 Å². The summed E-state index contributed by atoms with van der Waals surface area (Å²) >= 11 is 5.98. The molecule has 8 nitrogen and oxygen atoms in total. The first-order chi connectivity index (χ1) is 15.0.